The molecule has 4 rings (SSSR count). The lowest BCUT2D eigenvalue weighted by Gasteiger charge is -2.34. The molecule has 1 aliphatic rings. The Hall–Kier alpha value is -3.47. The largest absolute Gasteiger partial charge is 0.486 e. The molecule has 12 heteroatoms. The number of halogens is 2. The molecule has 1 N–H and O–H groups in total. The first-order valence-electron chi connectivity index (χ1n) is 14.7. The van der Waals surface area contributed by atoms with Gasteiger partial charge in [0.25, 0.3) is 0 Å². The molecule has 1 heterocycles. The van der Waals surface area contributed by atoms with Crippen molar-refractivity contribution in [1.82, 2.24) is 10.2 Å². The van der Waals surface area contributed by atoms with Gasteiger partial charge in [-0.15, -0.1) is 0 Å². The van der Waals surface area contributed by atoms with E-state index in [1.807, 2.05) is 51.1 Å². The molecular formula is C33H39Cl2N3O6S. The first-order chi connectivity index (χ1) is 21.2. The highest BCUT2D eigenvalue weighted by Gasteiger charge is 2.33. The van der Waals surface area contributed by atoms with Crippen LogP contribution in [0.5, 0.6) is 11.5 Å². The van der Waals surface area contributed by atoms with Crippen molar-refractivity contribution < 1.29 is 27.5 Å². The number of nitrogens with one attached hydrogen (secondary N) is 1. The minimum Gasteiger partial charge on any atom is -0.486 e. The highest BCUT2D eigenvalue weighted by Crippen LogP contribution is 2.35. The predicted octanol–water partition coefficient (Wildman–Crippen LogP) is 5.87. The van der Waals surface area contributed by atoms with Gasteiger partial charge >= 0.3 is 0 Å². The van der Waals surface area contributed by atoms with Gasteiger partial charge in [-0.1, -0.05) is 59.6 Å². The molecule has 0 radical (unpaired) electrons. The van der Waals surface area contributed by atoms with Crippen LogP contribution in [0.2, 0.25) is 10.0 Å². The maximum Gasteiger partial charge on any atom is 0.243 e. The lowest BCUT2D eigenvalue weighted by atomic mass is 10.00. The fraction of sp³-hybridized carbons (Fsp3) is 0.394. The fourth-order valence-electron chi connectivity index (χ4n) is 5.05. The molecule has 1 aliphatic heterocycles. The van der Waals surface area contributed by atoms with Crippen molar-refractivity contribution in [2.45, 2.75) is 58.2 Å². The monoisotopic (exact) mass is 675 g/mol. The number of rotatable bonds is 12. The van der Waals surface area contributed by atoms with Crippen molar-refractivity contribution >= 4 is 50.7 Å². The summed E-state index contributed by atoms with van der Waals surface area (Å²) in [6.45, 7) is 6.42. The molecule has 9 nitrogen and oxygen atoms in total. The lowest BCUT2D eigenvalue weighted by molar-refractivity contribution is -0.142. The smallest absolute Gasteiger partial charge is 0.243 e. The van der Waals surface area contributed by atoms with E-state index in [1.54, 1.807) is 36.4 Å². The number of hydrogen-bond acceptors (Lipinski definition) is 6. The summed E-state index contributed by atoms with van der Waals surface area (Å²) < 4.78 is 38.1. The number of anilines is 1. The van der Waals surface area contributed by atoms with Crippen LogP contribution < -0.4 is 19.1 Å². The Morgan fingerprint density at radius 2 is 1.58 bits per heavy atom. The van der Waals surface area contributed by atoms with Crippen LogP contribution >= 0.6 is 23.2 Å². The van der Waals surface area contributed by atoms with E-state index in [0.29, 0.717) is 46.0 Å². The van der Waals surface area contributed by atoms with Gasteiger partial charge in [0, 0.05) is 53.1 Å². The van der Waals surface area contributed by atoms with Crippen molar-refractivity contribution in [3.05, 3.63) is 87.9 Å². The first kappa shape index (κ1) is 34.4. The number of benzene rings is 3. The SMILES string of the molecule is CC(C)(C)NC(=O)[C@H](Cc1ccccc1)N(Cc1c(Cl)cccc1Cl)C(=O)CCCN(c1ccc2c(c1)OCCO2)S(C)(=O)=O. The summed E-state index contributed by atoms with van der Waals surface area (Å²) in [5, 5.41) is 3.77. The third-order valence-corrected chi connectivity index (χ3v) is 9.03. The van der Waals surface area contributed by atoms with Crippen LogP contribution in [0.3, 0.4) is 0 Å². The molecule has 0 spiro atoms. The Labute approximate surface area is 275 Å². The molecule has 45 heavy (non-hydrogen) atoms. The van der Waals surface area contributed by atoms with E-state index < -0.39 is 21.6 Å². The number of sulfonamides is 1. The molecule has 0 saturated carbocycles. The van der Waals surface area contributed by atoms with Gasteiger partial charge in [0.2, 0.25) is 21.8 Å². The molecule has 0 fully saturated rings. The Balaban J connectivity index is 1.62. The zero-order chi connectivity index (χ0) is 32.8. The number of nitrogens with zero attached hydrogens (tertiary/aromatic N) is 2. The van der Waals surface area contributed by atoms with Crippen molar-refractivity contribution in [3.63, 3.8) is 0 Å². The number of hydrogen-bond donors (Lipinski definition) is 1. The van der Waals surface area contributed by atoms with Crippen molar-refractivity contribution in [3.8, 4) is 11.5 Å². The van der Waals surface area contributed by atoms with Crippen LogP contribution in [0.1, 0.15) is 44.7 Å². The molecule has 1 atom stereocenters. The maximum atomic E-state index is 14.1. The molecule has 0 aliphatic carbocycles. The average molecular weight is 677 g/mol. The second-order valence-electron chi connectivity index (χ2n) is 11.9. The van der Waals surface area contributed by atoms with E-state index in [0.717, 1.165) is 11.8 Å². The van der Waals surface area contributed by atoms with E-state index in [1.165, 1.54) is 9.21 Å². The number of carbonyl (C=O) groups is 2. The van der Waals surface area contributed by atoms with E-state index in [4.69, 9.17) is 32.7 Å². The lowest BCUT2D eigenvalue weighted by Crippen LogP contribution is -2.54. The van der Waals surface area contributed by atoms with Crippen LogP contribution in [-0.2, 0) is 32.6 Å². The maximum absolute atomic E-state index is 14.1. The molecule has 0 saturated heterocycles. The topological polar surface area (TPSA) is 105 Å². The van der Waals surface area contributed by atoms with Gasteiger partial charge in [-0.25, -0.2) is 8.42 Å². The molecule has 0 bridgehead atoms. The Kier molecular flexibility index (Phi) is 11.3. The Morgan fingerprint density at radius 1 is 0.933 bits per heavy atom. The van der Waals surface area contributed by atoms with E-state index >= 15 is 0 Å². The summed E-state index contributed by atoms with van der Waals surface area (Å²) in [4.78, 5) is 29.4. The minimum atomic E-state index is -3.70. The normalized spacial score (nSPS) is 13.6. The standard InChI is InChI=1S/C33H39Cl2N3O6S/c1-33(2,3)36-32(40)28(20-23-10-6-5-7-11-23)37(22-25-26(34)12-8-13-27(25)35)31(39)14-9-17-38(45(4,41)42)24-15-16-29-30(21-24)44-19-18-43-29/h5-8,10-13,15-16,21,28H,9,14,17-20,22H2,1-4H3,(H,36,40)/t28-/m0/s1. The molecule has 3 aromatic carbocycles. The number of ether oxygens (including phenoxy) is 2. The van der Waals surface area contributed by atoms with Crippen molar-refractivity contribution in [1.29, 1.82) is 0 Å². The predicted molar refractivity (Wildman–Crippen MR) is 178 cm³/mol. The first-order valence-corrected chi connectivity index (χ1v) is 17.3. The summed E-state index contributed by atoms with van der Waals surface area (Å²) in [6.07, 6.45) is 1.52. The van der Waals surface area contributed by atoms with Gasteiger partial charge in [-0.05, 0) is 57.0 Å². The van der Waals surface area contributed by atoms with Crippen LogP contribution in [0.25, 0.3) is 0 Å². The summed E-state index contributed by atoms with van der Waals surface area (Å²) in [5.74, 6) is 0.337. The fourth-order valence-corrected chi connectivity index (χ4v) is 6.53. The Morgan fingerprint density at radius 3 is 2.20 bits per heavy atom. The molecule has 3 aromatic rings. The highest BCUT2D eigenvalue weighted by molar-refractivity contribution is 7.92. The third kappa shape index (κ3) is 9.51. The average Bonchev–Trinajstić information content (AvgIpc) is 2.97. The van der Waals surface area contributed by atoms with Gasteiger partial charge in [0.15, 0.2) is 11.5 Å². The minimum absolute atomic E-state index is 0.00957. The zero-order valence-electron chi connectivity index (χ0n) is 25.9. The quantitative estimate of drug-likeness (QED) is 0.258. The molecule has 2 amide bonds. The van der Waals surface area contributed by atoms with Crippen LogP contribution in [-0.4, -0.2) is 62.7 Å². The van der Waals surface area contributed by atoms with Crippen molar-refractivity contribution in [2.24, 2.45) is 0 Å². The van der Waals surface area contributed by atoms with Crippen LogP contribution in [0.15, 0.2) is 66.7 Å². The van der Waals surface area contributed by atoms with Crippen LogP contribution in [0, 0.1) is 0 Å². The van der Waals surface area contributed by atoms with Gasteiger partial charge in [0.05, 0.1) is 11.9 Å². The summed E-state index contributed by atoms with van der Waals surface area (Å²) in [5.41, 5.74) is 1.24. The summed E-state index contributed by atoms with van der Waals surface area (Å²) >= 11 is 13.1. The summed E-state index contributed by atoms with van der Waals surface area (Å²) in [7, 11) is -3.70. The number of carbonyl (C=O) groups excluding carboxylic acids is 2. The second kappa shape index (κ2) is 14.7. The third-order valence-electron chi connectivity index (χ3n) is 7.13. The van der Waals surface area contributed by atoms with Crippen LogP contribution in [0.4, 0.5) is 5.69 Å². The van der Waals surface area contributed by atoms with Crippen molar-refractivity contribution in [2.75, 3.05) is 30.3 Å². The van der Waals surface area contributed by atoms with E-state index in [-0.39, 0.29) is 44.2 Å². The molecular weight excluding hydrogens is 637 g/mol. The van der Waals surface area contributed by atoms with Gasteiger partial charge < -0.3 is 19.7 Å². The highest BCUT2D eigenvalue weighted by atomic mass is 35.5. The van der Waals surface area contributed by atoms with E-state index in [2.05, 4.69) is 5.32 Å². The van der Waals surface area contributed by atoms with E-state index in [9.17, 15) is 18.0 Å². The van der Waals surface area contributed by atoms with Gasteiger partial charge in [0.1, 0.15) is 19.3 Å². The molecule has 242 valence electrons. The zero-order valence-corrected chi connectivity index (χ0v) is 28.2. The van der Waals surface area contributed by atoms with Gasteiger partial charge in [-0.3, -0.25) is 13.9 Å². The second-order valence-corrected chi connectivity index (χ2v) is 14.7. The molecule has 0 aromatic heterocycles. The molecule has 0 unspecified atom stereocenters. The summed E-state index contributed by atoms with van der Waals surface area (Å²) in [6, 6.07) is 18.6. The van der Waals surface area contributed by atoms with Gasteiger partial charge in [-0.2, -0.15) is 0 Å². The number of amides is 2. The number of fused-ring (bicyclic) bond motifs is 1. The Bertz CT molecular complexity index is 1590.